The van der Waals surface area contributed by atoms with E-state index in [9.17, 15) is 9.59 Å². The van der Waals surface area contributed by atoms with Crippen molar-refractivity contribution in [2.24, 2.45) is 0 Å². The van der Waals surface area contributed by atoms with E-state index in [-0.39, 0.29) is 24.0 Å². The van der Waals surface area contributed by atoms with Crippen LogP contribution in [0.2, 0.25) is 0 Å². The Morgan fingerprint density at radius 2 is 1.94 bits per heavy atom. The van der Waals surface area contributed by atoms with Crippen molar-refractivity contribution in [3.8, 4) is 0 Å². The SMILES string of the molecule is CC(=O)N1Cc2ccc(N3CCC(OC4NC(c5ccncn5)CC(=O)N4C)CC3)cc2C1. The van der Waals surface area contributed by atoms with E-state index >= 15 is 0 Å². The number of aromatic nitrogens is 2. The van der Waals surface area contributed by atoms with Gasteiger partial charge in [0.1, 0.15) is 6.33 Å². The van der Waals surface area contributed by atoms with Gasteiger partial charge in [0.2, 0.25) is 11.8 Å². The summed E-state index contributed by atoms with van der Waals surface area (Å²) in [6.45, 7) is 4.80. The summed E-state index contributed by atoms with van der Waals surface area (Å²) in [4.78, 5) is 38.4. The first kappa shape index (κ1) is 21.8. The molecule has 0 aliphatic carbocycles. The molecule has 9 nitrogen and oxygen atoms in total. The number of carbonyl (C=O) groups excluding carboxylic acids is 2. The molecule has 1 aromatic carbocycles. The van der Waals surface area contributed by atoms with Gasteiger partial charge in [-0.15, -0.1) is 0 Å². The summed E-state index contributed by atoms with van der Waals surface area (Å²) < 4.78 is 6.35. The van der Waals surface area contributed by atoms with E-state index in [2.05, 4.69) is 38.4 Å². The van der Waals surface area contributed by atoms with Crippen LogP contribution in [0, 0.1) is 0 Å². The van der Waals surface area contributed by atoms with Crippen molar-refractivity contribution < 1.29 is 14.3 Å². The molecule has 33 heavy (non-hydrogen) atoms. The Kier molecular flexibility index (Phi) is 5.99. The van der Waals surface area contributed by atoms with Crippen LogP contribution in [0.5, 0.6) is 0 Å². The summed E-state index contributed by atoms with van der Waals surface area (Å²) in [7, 11) is 1.78. The van der Waals surface area contributed by atoms with E-state index in [1.165, 1.54) is 23.1 Å². The summed E-state index contributed by atoms with van der Waals surface area (Å²) in [5.74, 6) is 0.157. The summed E-state index contributed by atoms with van der Waals surface area (Å²) in [6, 6.07) is 8.18. The number of nitrogens with zero attached hydrogens (tertiary/aromatic N) is 5. The van der Waals surface area contributed by atoms with Crippen LogP contribution in [0.3, 0.4) is 0 Å². The van der Waals surface area contributed by atoms with Gasteiger partial charge in [-0.3, -0.25) is 14.9 Å². The number of amides is 2. The van der Waals surface area contributed by atoms with Crippen molar-refractivity contribution >= 4 is 17.5 Å². The van der Waals surface area contributed by atoms with Gasteiger partial charge in [-0.05, 0) is 42.2 Å². The Labute approximate surface area is 193 Å². The molecule has 0 bridgehead atoms. The van der Waals surface area contributed by atoms with Crippen LogP contribution < -0.4 is 10.2 Å². The lowest BCUT2D eigenvalue weighted by atomic mass is 10.0. The molecule has 0 saturated carbocycles. The third-order valence-corrected chi connectivity index (χ3v) is 6.92. The second-order valence-electron chi connectivity index (χ2n) is 9.07. The van der Waals surface area contributed by atoms with E-state index in [1.54, 1.807) is 25.1 Å². The molecular formula is C24H30N6O3. The molecule has 3 aliphatic heterocycles. The zero-order chi connectivity index (χ0) is 22.9. The molecule has 5 rings (SSSR count). The topological polar surface area (TPSA) is 90.9 Å². The van der Waals surface area contributed by atoms with E-state index in [0.29, 0.717) is 19.5 Å². The third kappa shape index (κ3) is 4.56. The largest absolute Gasteiger partial charge is 0.371 e. The predicted octanol–water partition coefficient (Wildman–Crippen LogP) is 1.80. The number of hydrogen-bond donors (Lipinski definition) is 1. The molecule has 4 heterocycles. The zero-order valence-electron chi connectivity index (χ0n) is 19.1. The number of ether oxygens (including phenoxy) is 1. The van der Waals surface area contributed by atoms with Crippen molar-refractivity contribution in [3.63, 3.8) is 0 Å². The molecule has 2 fully saturated rings. The number of rotatable bonds is 4. The molecule has 0 spiro atoms. The highest BCUT2D eigenvalue weighted by Crippen LogP contribution is 2.30. The van der Waals surface area contributed by atoms with Gasteiger partial charge in [0, 0.05) is 58.5 Å². The Balaban J connectivity index is 1.18. The van der Waals surface area contributed by atoms with Gasteiger partial charge in [-0.25, -0.2) is 9.97 Å². The third-order valence-electron chi connectivity index (χ3n) is 6.92. The summed E-state index contributed by atoms with van der Waals surface area (Å²) in [5.41, 5.74) is 4.48. The standard InChI is InChI=1S/C24H30N6O3/c1-16(31)30-13-17-3-4-19(11-18(17)14-30)29-9-6-20(7-10-29)33-24-27-22(12-23(32)28(24)2)21-5-8-25-15-26-21/h3-5,8,11,15,20,22,24,27H,6-7,9-10,12-14H2,1-2H3. The van der Waals surface area contributed by atoms with Crippen LogP contribution in [-0.4, -0.2) is 64.2 Å². The predicted molar refractivity (Wildman–Crippen MR) is 122 cm³/mol. The first-order valence-electron chi connectivity index (χ1n) is 11.5. The molecule has 2 unspecified atom stereocenters. The lowest BCUT2D eigenvalue weighted by Gasteiger charge is -2.41. The monoisotopic (exact) mass is 450 g/mol. The van der Waals surface area contributed by atoms with Crippen LogP contribution in [0.25, 0.3) is 0 Å². The molecule has 2 aromatic rings. The second kappa shape index (κ2) is 9.07. The van der Waals surface area contributed by atoms with Crippen molar-refractivity contribution in [1.29, 1.82) is 0 Å². The quantitative estimate of drug-likeness (QED) is 0.760. The average Bonchev–Trinajstić information content (AvgIpc) is 3.27. The number of carbonyl (C=O) groups is 2. The minimum absolute atomic E-state index is 0.0394. The van der Waals surface area contributed by atoms with Gasteiger partial charge in [0.05, 0.1) is 17.8 Å². The van der Waals surface area contributed by atoms with Gasteiger partial charge >= 0.3 is 0 Å². The van der Waals surface area contributed by atoms with E-state index < -0.39 is 6.35 Å². The highest BCUT2D eigenvalue weighted by Gasteiger charge is 2.35. The highest BCUT2D eigenvalue weighted by atomic mass is 16.5. The molecule has 2 saturated heterocycles. The number of anilines is 1. The van der Waals surface area contributed by atoms with Gasteiger partial charge in [-0.2, -0.15) is 0 Å². The number of piperidine rings is 1. The lowest BCUT2D eigenvalue weighted by molar-refractivity contribution is -0.167. The normalized spacial score (nSPS) is 23.7. The fourth-order valence-corrected chi connectivity index (χ4v) is 4.85. The molecule has 174 valence electrons. The molecule has 1 aromatic heterocycles. The van der Waals surface area contributed by atoms with Gasteiger partial charge in [-0.1, -0.05) is 6.07 Å². The zero-order valence-corrected chi connectivity index (χ0v) is 19.1. The maximum atomic E-state index is 12.6. The van der Waals surface area contributed by atoms with Gasteiger partial charge in [0.25, 0.3) is 0 Å². The molecule has 2 amide bonds. The fourth-order valence-electron chi connectivity index (χ4n) is 4.85. The second-order valence-corrected chi connectivity index (χ2v) is 9.07. The van der Waals surface area contributed by atoms with Crippen LogP contribution in [-0.2, 0) is 27.4 Å². The molecule has 9 heteroatoms. The van der Waals surface area contributed by atoms with Crippen molar-refractivity contribution in [2.75, 3.05) is 25.0 Å². The Morgan fingerprint density at radius 1 is 1.15 bits per heavy atom. The molecule has 1 N–H and O–H groups in total. The Hall–Kier alpha value is -3.04. The number of hydrogen-bond acceptors (Lipinski definition) is 7. The van der Waals surface area contributed by atoms with E-state index in [1.807, 2.05) is 11.0 Å². The maximum Gasteiger partial charge on any atom is 0.227 e. The summed E-state index contributed by atoms with van der Waals surface area (Å²) in [6.07, 6.45) is 4.91. The van der Waals surface area contributed by atoms with Crippen molar-refractivity contribution in [3.05, 3.63) is 53.6 Å². The highest BCUT2D eigenvalue weighted by molar-refractivity contribution is 5.77. The van der Waals surface area contributed by atoms with Crippen LogP contribution in [0.1, 0.15) is 49.0 Å². The van der Waals surface area contributed by atoms with Crippen LogP contribution in [0.15, 0.2) is 36.8 Å². The minimum atomic E-state index is -0.472. The Bertz CT molecular complexity index is 1020. The summed E-state index contributed by atoms with van der Waals surface area (Å²) >= 11 is 0. The molecule has 3 aliphatic rings. The first-order valence-corrected chi connectivity index (χ1v) is 11.5. The van der Waals surface area contributed by atoms with Gasteiger partial charge in [0.15, 0.2) is 6.35 Å². The van der Waals surface area contributed by atoms with Gasteiger partial charge < -0.3 is 19.4 Å². The molecular weight excluding hydrogens is 420 g/mol. The maximum absolute atomic E-state index is 12.6. The van der Waals surface area contributed by atoms with E-state index in [0.717, 1.165) is 31.6 Å². The fraction of sp³-hybridized carbons (Fsp3) is 0.500. The lowest BCUT2D eigenvalue weighted by Crippen LogP contribution is -2.56. The summed E-state index contributed by atoms with van der Waals surface area (Å²) in [5, 5.41) is 3.43. The van der Waals surface area contributed by atoms with Crippen LogP contribution >= 0.6 is 0 Å². The van der Waals surface area contributed by atoms with E-state index in [4.69, 9.17) is 4.74 Å². The van der Waals surface area contributed by atoms with Crippen molar-refractivity contribution in [1.82, 2.24) is 25.1 Å². The number of nitrogens with one attached hydrogen (secondary N) is 1. The molecule has 0 radical (unpaired) electrons. The van der Waals surface area contributed by atoms with Crippen LogP contribution in [0.4, 0.5) is 5.69 Å². The number of fused-ring (bicyclic) bond motifs is 1. The first-order chi connectivity index (χ1) is 16.0. The smallest absolute Gasteiger partial charge is 0.227 e. The average molecular weight is 451 g/mol. The number of benzene rings is 1. The minimum Gasteiger partial charge on any atom is -0.371 e. The molecule has 2 atom stereocenters. The Morgan fingerprint density at radius 3 is 2.67 bits per heavy atom. The van der Waals surface area contributed by atoms with Crippen molar-refractivity contribution in [2.45, 2.75) is 57.8 Å².